The zero-order valence-electron chi connectivity index (χ0n) is 21.8. The van der Waals surface area contributed by atoms with Crippen LogP contribution in [0.2, 0.25) is 0 Å². The van der Waals surface area contributed by atoms with Crippen LogP contribution >= 0.6 is 15.9 Å². The van der Waals surface area contributed by atoms with Crippen LogP contribution in [0.25, 0.3) is 11.3 Å². The van der Waals surface area contributed by atoms with Crippen molar-refractivity contribution in [3.05, 3.63) is 64.5 Å². The average Bonchev–Trinajstić information content (AvgIpc) is 3.61. The SMILES string of the molecule is COC1C(C(=O)N(c2cccc(Br)c2)[C@@H]2CCC[C@H]2O)OC(CO)C(O)C1n1cc(-c2cc(F)c(F)c(F)c2)nn1. The number of carbonyl (C=O) groups is 1. The van der Waals surface area contributed by atoms with Crippen LogP contribution in [0.5, 0.6) is 0 Å². The molecule has 1 saturated heterocycles. The standard InChI is InChI=1S/C27H28BrF3N4O6/c1-40-25-23(34-11-18(32-33-34)13-8-16(29)22(31)17(30)9-13)24(38)21(12-36)41-26(25)27(39)35(19-6-3-7-20(19)37)15-5-2-4-14(28)10-15/h2,4-5,8-11,19-21,23-26,36-38H,3,6-7,12H2,1H3/t19-,20-,21?,23?,24?,25?,26?/m1/s1. The normalized spacial score (nSPS) is 28.1. The number of halogens is 4. The van der Waals surface area contributed by atoms with Crippen LogP contribution in [0.15, 0.2) is 47.1 Å². The molecule has 14 heteroatoms. The van der Waals surface area contributed by atoms with E-state index in [0.29, 0.717) is 29.4 Å². The minimum Gasteiger partial charge on any atom is -0.394 e. The van der Waals surface area contributed by atoms with Crippen LogP contribution in [-0.2, 0) is 14.3 Å². The minimum absolute atomic E-state index is 0.0374. The molecular weight excluding hydrogens is 613 g/mol. The van der Waals surface area contributed by atoms with Crippen LogP contribution in [0, 0.1) is 17.5 Å². The molecule has 5 unspecified atom stereocenters. The topological polar surface area (TPSA) is 130 Å². The first-order chi connectivity index (χ1) is 19.6. The molecule has 2 aliphatic rings. The summed E-state index contributed by atoms with van der Waals surface area (Å²) in [7, 11) is 1.31. The Labute approximate surface area is 241 Å². The largest absolute Gasteiger partial charge is 0.394 e. The van der Waals surface area contributed by atoms with Crippen molar-refractivity contribution < 1.29 is 42.8 Å². The second-order valence-corrected chi connectivity index (χ2v) is 11.0. The number of aliphatic hydroxyl groups excluding tert-OH is 3. The van der Waals surface area contributed by atoms with E-state index in [9.17, 15) is 33.3 Å². The Morgan fingerprint density at radius 1 is 1.20 bits per heavy atom. The molecule has 2 heterocycles. The first kappa shape index (κ1) is 29.6. The number of rotatable bonds is 7. The predicted molar refractivity (Wildman–Crippen MR) is 142 cm³/mol. The Balaban J connectivity index is 1.53. The Hall–Kier alpha value is -2.88. The number of carbonyl (C=O) groups excluding carboxylic acids is 1. The second-order valence-electron chi connectivity index (χ2n) is 10.1. The molecule has 220 valence electrons. The van der Waals surface area contributed by atoms with Crippen molar-refractivity contribution in [3.63, 3.8) is 0 Å². The van der Waals surface area contributed by atoms with Gasteiger partial charge >= 0.3 is 0 Å². The Bertz CT molecular complexity index is 1390. The van der Waals surface area contributed by atoms with Crippen LogP contribution in [0.4, 0.5) is 18.9 Å². The predicted octanol–water partition coefficient (Wildman–Crippen LogP) is 2.75. The molecule has 2 fully saturated rings. The summed E-state index contributed by atoms with van der Waals surface area (Å²) in [5.41, 5.74) is 0.357. The van der Waals surface area contributed by atoms with Crippen molar-refractivity contribution in [2.24, 2.45) is 0 Å². The molecule has 0 radical (unpaired) electrons. The lowest BCUT2D eigenvalue weighted by Gasteiger charge is -2.45. The molecule has 0 spiro atoms. The van der Waals surface area contributed by atoms with Gasteiger partial charge in [0, 0.05) is 22.8 Å². The molecule has 1 aliphatic heterocycles. The van der Waals surface area contributed by atoms with Crippen molar-refractivity contribution in [1.82, 2.24) is 15.0 Å². The molecule has 3 aromatic rings. The van der Waals surface area contributed by atoms with Crippen molar-refractivity contribution in [2.45, 2.75) is 61.9 Å². The highest BCUT2D eigenvalue weighted by Crippen LogP contribution is 2.37. The van der Waals surface area contributed by atoms with Gasteiger partial charge in [-0.15, -0.1) is 5.10 Å². The van der Waals surface area contributed by atoms with Crippen LogP contribution in [0.3, 0.4) is 0 Å². The fourth-order valence-corrected chi connectivity index (χ4v) is 5.97. The second kappa shape index (κ2) is 12.2. The fraction of sp³-hybridized carbons (Fsp3) is 0.444. The summed E-state index contributed by atoms with van der Waals surface area (Å²) < 4.78 is 54.7. The Morgan fingerprint density at radius 3 is 2.54 bits per heavy atom. The summed E-state index contributed by atoms with van der Waals surface area (Å²) in [5.74, 6) is -5.03. The van der Waals surface area contributed by atoms with Gasteiger partial charge in [0.1, 0.15) is 30.0 Å². The zero-order chi connectivity index (χ0) is 29.4. The number of methoxy groups -OCH3 is 1. The third kappa shape index (κ3) is 5.64. The number of nitrogens with zero attached hydrogens (tertiary/aromatic N) is 4. The van der Waals surface area contributed by atoms with Crippen molar-refractivity contribution in [2.75, 3.05) is 18.6 Å². The monoisotopic (exact) mass is 640 g/mol. The first-order valence-corrected chi connectivity index (χ1v) is 13.7. The number of hydrogen-bond donors (Lipinski definition) is 3. The number of anilines is 1. The van der Waals surface area contributed by atoms with E-state index in [1.54, 1.807) is 24.3 Å². The lowest BCUT2D eigenvalue weighted by molar-refractivity contribution is -0.211. The fourth-order valence-electron chi connectivity index (χ4n) is 5.58. The van der Waals surface area contributed by atoms with E-state index in [1.165, 1.54) is 18.2 Å². The lowest BCUT2D eigenvalue weighted by atomic mass is 9.91. The van der Waals surface area contributed by atoms with Crippen molar-refractivity contribution in [1.29, 1.82) is 0 Å². The van der Waals surface area contributed by atoms with Gasteiger partial charge in [-0.2, -0.15) is 0 Å². The van der Waals surface area contributed by atoms with Crippen molar-refractivity contribution >= 4 is 27.5 Å². The van der Waals surface area contributed by atoms with Crippen LogP contribution < -0.4 is 4.90 Å². The van der Waals surface area contributed by atoms with Crippen LogP contribution in [-0.4, -0.2) is 86.5 Å². The molecule has 1 saturated carbocycles. The molecule has 2 aromatic carbocycles. The molecule has 1 aliphatic carbocycles. The van der Waals surface area contributed by atoms with E-state index in [0.717, 1.165) is 16.8 Å². The van der Waals surface area contributed by atoms with Gasteiger partial charge in [-0.05, 0) is 49.6 Å². The van der Waals surface area contributed by atoms with Gasteiger partial charge in [-0.3, -0.25) is 4.79 Å². The molecule has 1 amide bonds. The summed E-state index contributed by atoms with van der Waals surface area (Å²) in [5, 5.41) is 39.8. The van der Waals surface area contributed by atoms with Gasteiger partial charge in [0.2, 0.25) is 0 Å². The molecule has 3 N–H and O–H groups in total. The number of hydrogen-bond acceptors (Lipinski definition) is 8. The van der Waals surface area contributed by atoms with E-state index >= 15 is 0 Å². The molecule has 10 nitrogen and oxygen atoms in total. The maximum atomic E-state index is 14.3. The summed E-state index contributed by atoms with van der Waals surface area (Å²) in [6.07, 6.45) is -3.00. The van der Waals surface area contributed by atoms with Gasteiger partial charge in [0.05, 0.1) is 24.9 Å². The number of benzene rings is 2. The van der Waals surface area contributed by atoms with Gasteiger partial charge < -0.3 is 29.7 Å². The molecule has 0 bridgehead atoms. The number of ether oxygens (including phenoxy) is 2. The maximum absolute atomic E-state index is 14.3. The van der Waals surface area contributed by atoms with E-state index < -0.39 is 72.6 Å². The summed E-state index contributed by atoms with van der Waals surface area (Å²) in [4.78, 5) is 15.7. The van der Waals surface area contributed by atoms with E-state index in [2.05, 4.69) is 26.2 Å². The molecule has 41 heavy (non-hydrogen) atoms. The highest BCUT2D eigenvalue weighted by atomic mass is 79.9. The Kier molecular flexibility index (Phi) is 8.78. The maximum Gasteiger partial charge on any atom is 0.259 e. The minimum atomic E-state index is -1.63. The van der Waals surface area contributed by atoms with Gasteiger partial charge in [0.25, 0.3) is 5.91 Å². The van der Waals surface area contributed by atoms with Gasteiger partial charge in [-0.1, -0.05) is 27.2 Å². The van der Waals surface area contributed by atoms with Gasteiger partial charge in [-0.25, -0.2) is 17.9 Å². The number of amides is 1. The molecule has 5 rings (SSSR count). The zero-order valence-corrected chi connectivity index (χ0v) is 23.4. The third-order valence-electron chi connectivity index (χ3n) is 7.58. The van der Waals surface area contributed by atoms with E-state index in [-0.39, 0.29) is 11.3 Å². The van der Waals surface area contributed by atoms with Gasteiger partial charge in [0.15, 0.2) is 23.6 Å². The molecular formula is C27H28BrF3N4O6. The smallest absolute Gasteiger partial charge is 0.259 e. The average molecular weight is 641 g/mol. The quantitative estimate of drug-likeness (QED) is 0.336. The Morgan fingerprint density at radius 2 is 1.93 bits per heavy atom. The highest BCUT2D eigenvalue weighted by molar-refractivity contribution is 9.10. The van der Waals surface area contributed by atoms with Crippen LogP contribution in [0.1, 0.15) is 25.3 Å². The number of aliphatic hydroxyl groups is 3. The van der Waals surface area contributed by atoms with E-state index in [1.807, 2.05) is 0 Å². The lowest BCUT2D eigenvalue weighted by Crippen LogP contribution is -2.62. The first-order valence-electron chi connectivity index (χ1n) is 12.9. The molecule has 7 atom stereocenters. The third-order valence-corrected chi connectivity index (χ3v) is 8.07. The number of aromatic nitrogens is 3. The summed E-state index contributed by atoms with van der Waals surface area (Å²) in [6, 6.07) is 6.80. The van der Waals surface area contributed by atoms with E-state index in [4.69, 9.17) is 9.47 Å². The highest BCUT2D eigenvalue weighted by Gasteiger charge is 2.52. The summed E-state index contributed by atoms with van der Waals surface area (Å²) >= 11 is 3.42. The summed E-state index contributed by atoms with van der Waals surface area (Å²) in [6.45, 7) is -0.656. The van der Waals surface area contributed by atoms with Crippen molar-refractivity contribution in [3.8, 4) is 11.3 Å². The molecule has 1 aromatic heterocycles.